The number of rotatable bonds is 5. The number of guanidine groups is 1. The standard InChI is InChI=1S/C18H28N4O3S.HI/c1-19-18(21-17-6-11-26(23,24)14-17)20-12-15-4-2-3-5-16(15)13-22-7-9-25-10-8-22;/h2-5,17H,6-14H2,1H3,(H2,19,20,21);1H. The van der Waals surface area contributed by atoms with Gasteiger partial charge in [-0.3, -0.25) is 9.89 Å². The van der Waals surface area contributed by atoms with Crippen LogP contribution in [0.15, 0.2) is 29.3 Å². The average Bonchev–Trinajstić information content (AvgIpc) is 2.99. The SMILES string of the molecule is CN=C(NCc1ccccc1CN1CCOCC1)NC1CCS(=O)(=O)C1.I. The smallest absolute Gasteiger partial charge is 0.191 e. The Morgan fingerprint density at radius 1 is 1.26 bits per heavy atom. The zero-order valence-corrected chi connectivity index (χ0v) is 18.8. The van der Waals surface area contributed by atoms with E-state index in [4.69, 9.17) is 4.74 Å². The summed E-state index contributed by atoms with van der Waals surface area (Å²) in [5.41, 5.74) is 2.52. The number of ether oxygens (including phenoxy) is 1. The van der Waals surface area contributed by atoms with E-state index < -0.39 is 9.84 Å². The summed E-state index contributed by atoms with van der Waals surface area (Å²) in [5, 5.41) is 6.54. The number of morpholine rings is 1. The summed E-state index contributed by atoms with van der Waals surface area (Å²) < 4.78 is 28.6. The lowest BCUT2D eigenvalue weighted by molar-refractivity contribution is 0.0341. The Labute approximate surface area is 178 Å². The molecule has 1 unspecified atom stereocenters. The largest absolute Gasteiger partial charge is 0.379 e. The Morgan fingerprint density at radius 3 is 2.59 bits per heavy atom. The number of hydrogen-bond donors (Lipinski definition) is 2. The third-order valence-corrected chi connectivity index (χ3v) is 6.63. The number of halogens is 1. The van der Waals surface area contributed by atoms with Gasteiger partial charge in [-0.2, -0.15) is 0 Å². The van der Waals surface area contributed by atoms with Crippen LogP contribution in [0.1, 0.15) is 17.5 Å². The Balaban J connectivity index is 0.00000261. The van der Waals surface area contributed by atoms with Gasteiger partial charge in [0, 0.05) is 39.3 Å². The maximum atomic E-state index is 11.6. The third kappa shape index (κ3) is 6.88. The second-order valence-electron chi connectivity index (χ2n) is 6.83. The van der Waals surface area contributed by atoms with Crippen molar-refractivity contribution in [2.75, 3.05) is 44.9 Å². The lowest BCUT2D eigenvalue weighted by Crippen LogP contribution is -2.43. The first kappa shape index (κ1) is 22.4. The summed E-state index contributed by atoms with van der Waals surface area (Å²) in [6, 6.07) is 8.33. The number of aliphatic imine (C=N–C) groups is 1. The molecule has 2 heterocycles. The number of sulfone groups is 1. The fourth-order valence-corrected chi connectivity index (χ4v) is 5.03. The van der Waals surface area contributed by atoms with E-state index in [2.05, 4.69) is 38.7 Å². The lowest BCUT2D eigenvalue weighted by Gasteiger charge is -2.27. The molecule has 7 nitrogen and oxygen atoms in total. The van der Waals surface area contributed by atoms with Gasteiger partial charge in [0.1, 0.15) is 0 Å². The van der Waals surface area contributed by atoms with Gasteiger partial charge in [0.2, 0.25) is 0 Å². The highest BCUT2D eigenvalue weighted by Gasteiger charge is 2.28. The van der Waals surface area contributed by atoms with Crippen molar-refractivity contribution >= 4 is 39.8 Å². The van der Waals surface area contributed by atoms with Gasteiger partial charge in [-0.25, -0.2) is 8.42 Å². The predicted octanol–water partition coefficient (Wildman–Crippen LogP) is 0.989. The Bertz CT molecular complexity index is 736. The quantitative estimate of drug-likeness (QED) is 0.351. The normalized spacial score (nSPS) is 22.9. The van der Waals surface area contributed by atoms with Crippen LogP contribution < -0.4 is 10.6 Å². The minimum Gasteiger partial charge on any atom is -0.379 e. The molecule has 2 aliphatic heterocycles. The number of benzene rings is 1. The Morgan fingerprint density at radius 2 is 1.96 bits per heavy atom. The summed E-state index contributed by atoms with van der Waals surface area (Å²) >= 11 is 0. The molecule has 152 valence electrons. The summed E-state index contributed by atoms with van der Waals surface area (Å²) in [6.45, 7) is 5.07. The molecule has 0 aliphatic carbocycles. The highest BCUT2D eigenvalue weighted by molar-refractivity contribution is 14.0. The zero-order chi connectivity index (χ0) is 18.4. The summed E-state index contributed by atoms with van der Waals surface area (Å²) in [4.78, 5) is 6.63. The molecule has 2 fully saturated rings. The van der Waals surface area contributed by atoms with E-state index in [9.17, 15) is 8.42 Å². The predicted molar refractivity (Wildman–Crippen MR) is 118 cm³/mol. The molecule has 2 N–H and O–H groups in total. The van der Waals surface area contributed by atoms with Crippen molar-refractivity contribution in [1.82, 2.24) is 15.5 Å². The molecular formula is C18H29IN4O3S. The van der Waals surface area contributed by atoms with E-state index in [1.165, 1.54) is 11.1 Å². The third-order valence-electron chi connectivity index (χ3n) is 4.86. The van der Waals surface area contributed by atoms with Crippen LogP contribution in [0.2, 0.25) is 0 Å². The molecule has 1 atom stereocenters. The molecule has 3 rings (SSSR count). The lowest BCUT2D eigenvalue weighted by atomic mass is 10.1. The van der Waals surface area contributed by atoms with Crippen LogP contribution in [0.3, 0.4) is 0 Å². The minimum absolute atomic E-state index is 0. The van der Waals surface area contributed by atoms with E-state index in [0.717, 1.165) is 32.8 Å². The Kier molecular flexibility index (Phi) is 8.77. The molecule has 0 radical (unpaired) electrons. The molecule has 2 aliphatic rings. The van der Waals surface area contributed by atoms with Crippen molar-refractivity contribution in [2.45, 2.75) is 25.6 Å². The molecule has 0 bridgehead atoms. The molecule has 27 heavy (non-hydrogen) atoms. The summed E-state index contributed by atoms with van der Waals surface area (Å²) in [7, 11) is -1.19. The van der Waals surface area contributed by atoms with Crippen molar-refractivity contribution in [3.63, 3.8) is 0 Å². The molecule has 0 saturated carbocycles. The summed E-state index contributed by atoms with van der Waals surface area (Å²) in [6.07, 6.45) is 0.636. The van der Waals surface area contributed by atoms with Crippen LogP contribution in [-0.4, -0.2) is 70.2 Å². The van der Waals surface area contributed by atoms with E-state index in [-0.39, 0.29) is 41.5 Å². The van der Waals surface area contributed by atoms with Crippen molar-refractivity contribution in [3.05, 3.63) is 35.4 Å². The monoisotopic (exact) mass is 508 g/mol. The van der Waals surface area contributed by atoms with Crippen LogP contribution in [0.5, 0.6) is 0 Å². The van der Waals surface area contributed by atoms with Crippen LogP contribution >= 0.6 is 24.0 Å². The van der Waals surface area contributed by atoms with Crippen LogP contribution in [-0.2, 0) is 27.7 Å². The molecule has 1 aromatic carbocycles. The van der Waals surface area contributed by atoms with Gasteiger partial charge in [-0.1, -0.05) is 24.3 Å². The van der Waals surface area contributed by atoms with E-state index in [0.29, 0.717) is 18.9 Å². The van der Waals surface area contributed by atoms with Crippen molar-refractivity contribution < 1.29 is 13.2 Å². The first-order chi connectivity index (χ1) is 12.6. The molecule has 1 aromatic rings. The van der Waals surface area contributed by atoms with Crippen molar-refractivity contribution in [2.24, 2.45) is 4.99 Å². The molecular weight excluding hydrogens is 479 g/mol. The van der Waals surface area contributed by atoms with E-state index in [1.807, 2.05) is 6.07 Å². The second kappa shape index (κ2) is 10.6. The first-order valence-corrected chi connectivity index (χ1v) is 10.9. The Hall–Kier alpha value is -0.910. The van der Waals surface area contributed by atoms with Gasteiger partial charge in [0.25, 0.3) is 0 Å². The number of hydrogen-bond acceptors (Lipinski definition) is 5. The second-order valence-corrected chi connectivity index (χ2v) is 9.06. The van der Waals surface area contributed by atoms with Gasteiger partial charge < -0.3 is 15.4 Å². The number of nitrogens with one attached hydrogen (secondary N) is 2. The molecule has 0 aromatic heterocycles. The zero-order valence-electron chi connectivity index (χ0n) is 15.7. The maximum Gasteiger partial charge on any atom is 0.191 e. The molecule has 0 spiro atoms. The molecule has 9 heteroatoms. The fraction of sp³-hybridized carbons (Fsp3) is 0.611. The highest BCUT2D eigenvalue weighted by atomic mass is 127. The number of nitrogens with zero attached hydrogens (tertiary/aromatic N) is 2. The molecule has 2 saturated heterocycles. The van der Waals surface area contributed by atoms with Crippen molar-refractivity contribution in [1.29, 1.82) is 0 Å². The molecule has 0 amide bonds. The van der Waals surface area contributed by atoms with E-state index >= 15 is 0 Å². The van der Waals surface area contributed by atoms with Crippen LogP contribution in [0, 0.1) is 0 Å². The fourth-order valence-electron chi connectivity index (χ4n) is 3.36. The maximum absolute atomic E-state index is 11.6. The van der Waals surface area contributed by atoms with Gasteiger partial charge >= 0.3 is 0 Å². The first-order valence-electron chi connectivity index (χ1n) is 9.10. The van der Waals surface area contributed by atoms with E-state index in [1.54, 1.807) is 7.05 Å². The average molecular weight is 508 g/mol. The summed E-state index contributed by atoms with van der Waals surface area (Å²) in [5.74, 6) is 1.08. The van der Waals surface area contributed by atoms with Crippen LogP contribution in [0.25, 0.3) is 0 Å². The van der Waals surface area contributed by atoms with Gasteiger partial charge in [0.05, 0.1) is 24.7 Å². The van der Waals surface area contributed by atoms with Crippen molar-refractivity contribution in [3.8, 4) is 0 Å². The minimum atomic E-state index is -2.90. The highest BCUT2D eigenvalue weighted by Crippen LogP contribution is 2.14. The van der Waals surface area contributed by atoms with Gasteiger partial charge in [-0.05, 0) is 17.5 Å². The van der Waals surface area contributed by atoms with Crippen LogP contribution in [0.4, 0.5) is 0 Å². The topological polar surface area (TPSA) is 83.0 Å². The van der Waals surface area contributed by atoms with Gasteiger partial charge in [0.15, 0.2) is 15.8 Å². The van der Waals surface area contributed by atoms with Gasteiger partial charge in [-0.15, -0.1) is 24.0 Å².